The Morgan fingerprint density at radius 3 is 2.55 bits per heavy atom. The van der Waals surface area contributed by atoms with Gasteiger partial charge in [-0.05, 0) is 12.1 Å². The fraction of sp³-hybridized carbons (Fsp3) is 0. The SMILES string of the molecule is Cl.Cl.c1ccc2oncc2c1. The van der Waals surface area contributed by atoms with Crippen LogP contribution >= 0.6 is 24.8 Å². The lowest BCUT2D eigenvalue weighted by atomic mass is 10.3. The Morgan fingerprint density at radius 1 is 1.09 bits per heavy atom. The molecular formula is C7H7Cl2NO. The van der Waals surface area contributed by atoms with Crippen molar-refractivity contribution in [1.29, 1.82) is 0 Å². The van der Waals surface area contributed by atoms with Crippen LogP contribution in [0.15, 0.2) is 35.0 Å². The van der Waals surface area contributed by atoms with Gasteiger partial charge in [0.15, 0.2) is 5.58 Å². The number of aromatic nitrogens is 1. The molecule has 0 aliphatic rings. The Balaban J connectivity index is 0.000000500. The third kappa shape index (κ3) is 1.85. The van der Waals surface area contributed by atoms with Crippen molar-refractivity contribution in [2.75, 3.05) is 0 Å². The van der Waals surface area contributed by atoms with Gasteiger partial charge in [0.25, 0.3) is 0 Å². The summed E-state index contributed by atoms with van der Waals surface area (Å²) in [6.45, 7) is 0. The molecule has 1 aromatic heterocycles. The first kappa shape index (κ1) is 10.3. The minimum atomic E-state index is 0. The number of benzene rings is 1. The number of hydrogen-bond donors (Lipinski definition) is 0. The maximum Gasteiger partial charge on any atom is 0.166 e. The van der Waals surface area contributed by atoms with Gasteiger partial charge in [-0.25, -0.2) is 0 Å². The normalized spacial score (nSPS) is 8.36. The van der Waals surface area contributed by atoms with Crippen LogP contribution < -0.4 is 0 Å². The molecule has 0 atom stereocenters. The Labute approximate surface area is 76.4 Å². The molecule has 2 nitrogen and oxygen atoms in total. The van der Waals surface area contributed by atoms with E-state index in [9.17, 15) is 0 Å². The van der Waals surface area contributed by atoms with Gasteiger partial charge in [0.1, 0.15) is 0 Å². The van der Waals surface area contributed by atoms with E-state index in [0.717, 1.165) is 11.0 Å². The van der Waals surface area contributed by atoms with E-state index < -0.39 is 0 Å². The van der Waals surface area contributed by atoms with E-state index in [0.29, 0.717) is 0 Å². The topological polar surface area (TPSA) is 26.0 Å². The highest BCUT2D eigenvalue weighted by molar-refractivity contribution is 5.85. The van der Waals surface area contributed by atoms with E-state index in [1.807, 2.05) is 24.3 Å². The van der Waals surface area contributed by atoms with E-state index in [4.69, 9.17) is 4.52 Å². The van der Waals surface area contributed by atoms with Crippen LogP contribution in [-0.2, 0) is 0 Å². The van der Waals surface area contributed by atoms with Gasteiger partial charge in [-0.15, -0.1) is 24.8 Å². The molecule has 11 heavy (non-hydrogen) atoms. The van der Waals surface area contributed by atoms with E-state index in [-0.39, 0.29) is 24.8 Å². The maximum absolute atomic E-state index is 4.87. The molecule has 1 heterocycles. The van der Waals surface area contributed by atoms with Gasteiger partial charge < -0.3 is 4.52 Å². The van der Waals surface area contributed by atoms with Gasteiger partial charge in [-0.2, -0.15) is 0 Å². The molecule has 0 amide bonds. The van der Waals surface area contributed by atoms with Crippen LogP contribution in [0.1, 0.15) is 0 Å². The zero-order chi connectivity index (χ0) is 6.10. The summed E-state index contributed by atoms with van der Waals surface area (Å²) >= 11 is 0. The highest BCUT2D eigenvalue weighted by Crippen LogP contribution is 2.10. The first-order chi connectivity index (χ1) is 4.47. The van der Waals surface area contributed by atoms with Crippen molar-refractivity contribution in [3.63, 3.8) is 0 Å². The fourth-order valence-electron chi connectivity index (χ4n) is 0.810. The van der Waals surface area contributed by atoms with Gasteiger partial charge in [0, 0.05) is 5.39 Å². The second-order valence-corrected chi connectivity index (χ2v) is 1.86. The van der Waals surface area contributed by atoms with Crippen LogP contribution in [0.2, 0.25) is 0 Å². The smallest absolute Gasteiger partial charge is 0.166 e. The Morgan fingerprint density at radius 2 is 1.82 bits per heavy atom. The van der Waals surface area contributed by atoms with Crippen molar-refractivity contribution >= 4 is 35.8 Å². The number of hydrogen-bond acceptors (Lipinski definition) is 2. The predicted octanol–water partition coefficient (Wildman–Crippen LogP) is 2.67. The standard InChI is InChI=1S/C7H5NO.2ClH/c1-2-4-7-6(3-1)5-8-9-7;;/h1-5H;2*1H. The fourth-order valence-corrected chi connectivity index (χ4v) is 0.810. The van der Waals surface area contributed by atoms with Crippen molar-refractivity contribution in [3.8, 4) is 0 Å². The van der Waals surface area contributed by atoms with Gasteiger partial charge in [-0.3, -0.25) is 0 Å². The summed E-state index contributed by atoms with van der Waals surface area (Å²) in [5.41, 5.74) is 0.845. The van der Waals surface area contributed by atoms with Crippen molar-refractivity contribution in [3.05, 3.63) is 30.5 Å². The van der Waals surface area contributed by atoms with Crippen molar-refractivity contribution < 1.29 is 4.52 Å². The van der Waals surface area contributed by atoms with Crippen LogP contribution in [0.5, 0.6) is 0 Å². The van der Waals surface area contributed by atoms with Gasteiger partial charge >= 0.3 is 0 Å². The quantitative estimate of drug-likeness (QED) is 0.641. The molecule has 0 N–H and O–H groups in total. The summed E-state index contributed by atoms with van der Waals surface area (Å²) in [4.78, 5) is 0. The highest BCUT2D eigenvalue weighted by atomic mass is 35.5. The zero-order valence-electron chi connectivity index (χ0n) is 5.56. The molecule has 0 radical (unpaired) electrons. The Hall–Kier alpha value is -0.730. The van der Waals surface area contributed by atoms with Crippen molar-refractivity contribution in [2.45, 2.75) is 0 Å². The molecule has 0 aliphatic heterocycles. The molecule has 2 rings (SSSR count). The molecule has 1 aromatic carbocycles. The van der Waals surface area contributed by atoms with Crippen molar-refractivity contribution in [2.24, 2.45) is 0 Å². The molecule has 0 saturated carbocycles. The molecule has 4 heteroatoms. The van der Waals surface area contributed by atoms with Crippen LogP contribution in [-0.4, -0.2) is 5.16 Å². The Bertz CT molecular complexity index is 290. The van der Waals surface area contributed by atoms with Gasteiger partial charge in [0.2, 0.25) is 0 Å². The molecule has 0 saturated heterocycles. The number of rotatable bonds is 0. The van der Waals surface area contributed by atoms with E-state index >= 15 is 0 Å². The zero-order valence-corrected chi connectivity index (χ0v) is 7.19. The molecule has 0 aliphatic carbocycles. The van der Waals surface area contributed by atoms with Crippen LogP contribution in [0, 0.1) is 0 Å². The summed E-state index contributed by atoms with van der Waals surface area (Å²) in [7, 11) is 0. The highest BCUT2D eigenvalue weighted by Gasteiger charge is 1.91. The molecule has 0 bridgehead atoms. The second-order valence-electron chi connectivity index (χ2n) is 1.86. The van der Waals surface area contributed by atoms with E-state index in [1.165, 1.54) is 0 Å². The number of para-hydroxylation sites is 1. The first-order valence-electron chi connectivity index (χ1n) is 2.76. The average Bonchev–Trinajstić information content (AvgIpc) is 2.33. The molecule has 0 fully saturated rings. The lowest BCUT2D eigenvalue weighted by Crippen LogP contribution is -1.57. The molecule has 2 aromatic rings. The lowest BCUT2D eigenvalue weighted by molar-refractivity contribution is 0.456. The maximum atomic E-state index is 4.87. The minimum absolute atomic E-state index is 0. The molecule has 0 spiro atoms. The summed E-state index contributed by atoms with van der Waals surface area (Å²) in [5.74, 6) is 0. The molecule has 0 unspecified atom stereocenters. The third-order valence-corrected chi connectivity index (χ3v) is 1.26. The molecule has 60 valence electrons. The van der Waals surface area contributed by atoms with Crippen molar-refractivity contribution in [1.82, 2.24) is 5.16 Å². The second kappa shape index (κ2) is 4.21. The lowest BCUT2D eigenvalue weighted by Gasteiger charge is -1.78. The van der Waals surface area contributed by atoms with E-state index in [1.54, 1.807) is 6.20 Å². The van der Waals surface area contributed by atoms with Crippen LogP contribution in [0.3, 0.4) is 0 Å². The number of fused-ring (bicyclic) bond motifs is 1. The Kier molecular flexibility index (Phi) is 3.93. The predicted molar refractivity (Wildman–Crippen MR) is 48.5 cm³/mol. The molecular weight excluding hydrogens is 185 g/mol. The summed E-state index contributed by atoms with van der Waals surface area (Å²) in [5, 5.41) is 4.68. The van der Waals surface area contributed by atoms with Gasteiger partial charge in [-0.1, -0.05) is 17.3 Å². The average molecular weight is 192 g/mol. The summed E-state index contributed by atoms with van der Waals surface area (Å²) < 4.78 is 4.87. The summed E-state index contributed by atoms with van der Waals surface area (Å²) in [6, 6.07) is 7.74. The number of nitrogens with zero attached hydrogens (tertiary/aromatic N) is 1. The number of halogens is 2. The third-order valence-electron chi connectivity index (χ3n) is 1.26. The largest absolute Gasteiger partial charge is 0.356 e. The minimum Gasteiger partial charge on any atom is -0.356 e. The first-order valence-corrected chi connectivity index (χ1v) is 2.76. The van der Waals surface area contributed by atoms with Crippen LogP contribution in [0.25, 0.3) is 11.0 Å². The van der Waals surface area contributed by atoms with E-state index in [2.05, 4.69) is 5.16 Å². The van der Waals surface area contributed by atoms with Crippen LogP contribution in [0.4, 0.5) is 0 Å². The van der Waals surface area contributed by atoms with Gasteiger partial charge in [0.05, 0.1) is 6.20 Å². The summed E-state index contributed by atoms with van der Waals surface area (Å²) in [6.07, 6.45) is 1.70. The monoisotopic (exact) mass is 191 g/mol.